The zero-order valence-corrected chi connectivity index (χ0v) is 11.1. The predicted molar refractivity (Wildman–Crippen MR) is 72.3 cm³/mol. The van der Waals surface area contributed by atoms with E-state index in [1.54, 1.807) is 0 Å². The van der Waals surface area contributed by atoms with Crippen LogP contribution in [-0.4, -0.2) is 15.5 Å². The molecule has 1 aromatic carbocycles. The van der Waals surface area contributed by atoms with Crippen LogP contribution in [0.4, 0.5) is 0 Å². The highest BCUT2D eigenvalue weighted by Crippen LogP contribution is 2.20. The van der Waals surface area contributed by atoms with Crippen molar-refractivity contribution in [1.82, 2.24) is 14.9 Å². The zero-order valence-electron chi connectivity index (χ0n) is 11.1. The van der Waals surface area contributed by atoms with Gasteiger partial charge in [0, 0.05) is 13.0 Å². The van der Waals surface area contributed by atoms with E-state index in [0.29, 0.717) is 6.42 Å². The average molecular weight is 245 g/mol. The molecule has 0 saturated carbocycles. The first-order valence-corrected chi connectivity index (χ1v) is 6.41. The molecule has 1 aromatic heterocycles. The van der Waals surface area contributed by atoms with Gasteiger partial charge in [0.1, 0.15) is 5.82 Å². The number of hydrogen-bond donors (Lipinski definition) is 1. The molecule has 18 heavy (non-hydrogen) atoms. The Balaban J connectivity index is 2.40. The topological polar surface area (TPSA) is 46.9 Å². The Bertz CT molecular complexity index is 559. The minimum absolute atomic E-state index is 0.0530. The second kappa shape index (κ2) is 5.21. The maximum atomic E-state index is 11.5. The molecule has 0 bridgehead atoms. The van der Waals surface area contributed by atoms with Crippen molar-refractivity contribution in [3.63, 3.8) is 0 Å². The van der Waals surface area contributed by atoms with Crippen molar-refractivity contribution in [3.05, 3.63) is 30.1 Å². The molecule has 4 nitrogen and oxygen atoms in total. The number of carbonyl (C=O) groups is 1. The van der Waals surface area contributed by atoms with Crippen LogP contribution in [0.2, 0.25) is 0 Å². The molecule has 0 spiro atoms. The molecule has 0 unspecified atom stereocenters. The Kier molecular flexibility index (Phi) is 3.65. The normalized spacial score (nSPS) is 12.6. The SMILES string of the molecule is CCC(=O)N[C@H](C)c1nc2ccccc2n1CC. The Morgan fingerprint density at radius 1 is 1.39 bits per heavy atom. The molecule has 0 fully saturated rings. The van der Waals surface area contributed by atoms with Crippen LogP contribution in [0, 0.1) is 0 Å². The van der Waals surface area contributed by atoms with Gasteiger partial charge in [-0.2, -0.15) is 0 Å². The van der Waals surface area contributed by atoms with Crippen LogP contribution in [0.15, 0.2) is 24.3 Å². The number of imidazole rings is 1. The molecule has 0 saturated heterocycles. The van der Waals surface area contributed by atoms with Gasteiger partial charge in [-0.1, -0.05) is 19.1 Å². The van der Waals surface area contributed by atoms with Crippen molar-refractivity contribution in [2.45, 2.75) is 39.8 Å². The number of fused-ring (bicyclic) bond motifs is 1. The Morgan fingerprint density at radius 2 is 2.11 bits per heavy atom. The summed E-state index contributed by atoms with van der Waals surface area (Å²) in [6.07, 6.45) is 0.497. The number of hydrogen-bond acceptors (Lipinski definition) is 2. The van der Waals surface area contributed by atoms with Gasteiger partial charge in [0.2, 0.25) is 5.91 Å². The zero-order chi connectivity index (χ0) is 13.1. The number of nitrogens with zero attached hydrogens (tertiary/aromatic N) is 2. The van der Waals surface area contributed by atoms with E-state index in [9.17, 15) is 4.79 Å². The molecule has 0 radical (unpaired) electrons. The van der Waals surface area contributed by atoms with Gasteiger partial charge >= 0.3 is 0 Å². The van der Waals surface area contributed by atoms with Gasteiger partial charge in [-0.25, -0.2) is 4.98 Å². The van der Waals surface area contributed by atoms with Crippen LogP contribution in [0.1, 0.15) is 39.1 Å². The summed E-state index contributed by atoms with van der Waals surface area (Å²) in [4.78, 5) is 16.1. The van der Waals surface area contributed by atoms with Crippen molar-refractivity contribution in [3.8, 4) is 0 Å². The molecule has 2 rings (SSSR count). The Labute approximate surface area is 107 Å². The number of nitrogens with one attached hydrogen (secondary N) is 1. The summed E-state index contributed by atoms with van der Waals surface area (Å²) >= 11 is 0. The van der Waals surface area contributed by atoms with Crippen molar-refractivity contribution in [2.24, 2.45) is 0 Å². The van der Waals surface area contributed by atoms with Crippen molar-refractivity contribution in [2.75, 3.05) is 0 Å². The number of carbonyl (C=O) groups excluding carboxylic acids is 1. The van der Waals surface area contributed by atoms with E-state index < -0.39 is 0 Å². The van der Waals surface area contributed by atoms with E-state index in [-0.39, 0.29) is 11.9 Å². The van der Waals surface area contributed by atoms with Gasteiger partial charge in [0.25, 0.3) is 0 Å². The molecule has 4 heteroatoms. The second-order valence-corrected chi connectivity index (χ2v) is 4.35. The number of amides is 1. The smallest absolute Gasteiger partial charge is 0.220 e. The molecule has 1 amide bonds. The van der Waals surface area contributed by atoms with Gasteiger partial charge in [-0.15, -0.1) is 0 Å². The van der Waals surface area contributed by atoms with Crippen LogP contribution >= 0.6 is 0 Å². The molecule has 1 N–H and O–H groups in total. The quantitative estimate of drug-likeness (QED) is 0.900. The summed E-state index contributed by atoms with van der Waals surface area (Å²) in [5, 5.41) is 2.96. The van der Waals surface area contributed by atoms with E-state index in [4.69, 9.17) is 0 Å². The minimum atomic E-state index is -0.0650. The largest absolute Gasteiger partial charge is 0.346 e. The molecule has 0 aliphatic rings. The number of aryl methyl sites for hydroxylation is 1. The molecule has 96 valence electrons. The molecule has 1 atom stereocenters. The Hall–Kier alpha value is -1.84. The van der Waals surface area contributed by atoms with Crippen LogP contribution in [0.5, 0.6) is 0 Å². The molecule has 1 heterocycles. The minimum Gasteiger partial charge on any atom is -0.346 e. The fraction of sp³-hybridized carbons (Fsp3) is 0.429. The lowest BCUT2D eigenvalue weighted by atomic mass is 10.3. The average Bonchev–Trinajstić information content (AvgIpc) is 2.77. The molecular formula is C14H19N3O. The highest BCUT2D eigenvalue weighted by molar-refractivity contribution is 5.77. The number of aromatic nitrogens is 2. The summed E-state index contributed by atoms with van der Waals surface area (Å²) in [6, 6.07) is 7.98. The third-order valence-corrected chi connectivity index (χ3v) is 3.09. The van der Waals surface area contributed by atoms with Crippen LogP contribution < -0.4 is 5.32 Å². The monoisotopic (exact) mass is 245 g/mol. The third kappa shape index (κ3) is 2.23. The standard InChI is InChI=1S/C14H19N3O/c1-4-13(18)15-10(3)14-16-11-8-6-7-9-12(11)17(14)5-2/h6-10H,4-5H2,1-3H3,(H,15,18)/t10-/m1/s1. The number of benzene rings is 1. The summed E-state index contributed by atoms with van der Waals surface area (Å²) in [5.74, 6) is 0.970. The highest BCUT2D eigenvalue weighted by Gasteiger charge is 2.16. The van der Waals surface area contributed by atoms with E-state index in [1.807, 2.05) is 32.0 Å². The lowest BCUT2D eigenvalue weighted by molar-refractivity contribution is -0.121. The molecule has 0 aliphatic heterocycles. The first kappa shape index (κ1) is 12.6. The second-order valence-electron chi connectivity index (χ2n) is 4.35. The van der Waals surface area contributed by atoms with Gasteiger partial charge in [0.05, 0.1) is 17.1 Å². The Morgan fingerprint density at radius 3 is 2.78 bits per heavy atom. The predicted octanol–water partition coefficient (Wildman–Crippen LogP) is 2.64. The molecule has 0 aliphatic carbocycles. The maximum absolute atomic E-state index is 11.5. The van der Waals surface area contributed by atoms with E-state index in [2.05, 4.69) is 27.9 Å². The van der Waals surface area contributed by atoms with Gasteiger partial charge < -0.3 is 9.88 Å². The van der Waals surface area contributed by atoms with E-state index in [0.717, 1.165) is 23.4 Å². The fourth-order valence-electron chi connectivity index (χ4n) is 2.17. The van der Waals surface area contributed by atoms with Crippen LogP contribution in [0.3, 0.4) is 0 Å². The summed E-state index contributed by atoms with van der Waals surface area (Å²) in [6.45, 7) is 6.76. The van der Waals surface area contributed by atoms with E-state index >= 15 is 0 Å². The van der Waals surface area contributed by atoms with Crippen LogP contribution in [-0.2, 0) is 11.3 Å². The molecule has 2 aromatic rings. The van der Waals surface area contributed by atoms with Gasteiger partial charge in [0.15, 0.2) is 0 Å². The van der Waals surface area contributed by atoms with Gasteiger partial charge in [-0.05, 0) is 26.0 Å². The fourth-order valence-corrected chi connectivity index (χ4v) is 2.17. The maximum Gasteiger partial charge on any atom is 0.220 e. The van der Waals surface area contributed by atoms with Crippen molar-refractivity contribution < 1.29 is 4.79 Å². The first-order valence-electron chi connectivity index (χ1n) is 6.41. The number of para-hydroxylation sites is 2. The van der Waals surface area contributed by atoms with Gasteiger partial charge in [-0.3, -0.25) is 4.79 Å². The molecular weight excluding hydrogens is 226 g/mol. The third-order valence-electron chi connectivity index (χ3n) is 3.09. The first-order chi connectivity index (χ1) is 8.67. The highest BCUT2D eigenvalue weighted by atomic mass is 16.1. The van der Waals surface area contributed by atoms with Crippen molar-refractivity contribution in [1.29, 1.82) is 0 Å². The lowest BCUT2D eigenvalue weighted by Gasteiger charge is -2.14. The summed E-state index contributed by atoms with van der Waals surface area (Å²) in [5.41, 5.74) is 2.10. The van der Waals surface area contributed by atoms with E-state index in [1.165, 1.54) is 0 Å². The summed E-state index contributed by atoms with van der Waals surface area (Å²) in [7, 11) is 0. The van der Waals surface area contributed by atoms with Crippen LogP contribution in [0.25, 0.3) is 11.0 Å². The lowest BCUT2D eigenvalue weighted by Crippen LogP contribution is -2.27. The number of rotatable bonds is 4. The summed E-state index contributed by atoms with van der Waals surface area (Å²) < 4.78 is 2.15. The van der Waals surface area contributed by atoms with Crippen molar-refractivity contribution >= 4 is 16.9 Å².